The van der Waals surface area contributed by atoms with Crippen LogP contribution in [0.1, 0.15) is 26.2 Å². The number of carboxylic acids is 1. The van der Waals surface area contributed by atoms with E-state index in [0.717, 1.165) is 0 Å². The molecular weight excluding hydrogens is 262 g/mol. The van der Waals surface area contributed by atoms with Crippen molar-refractivity contribution in [2.45, 2.75) is 26.2 Å². The maximum Gasteiger partial charge on any atom is 0.320 e. The van der Waals surface area contributed by atoms with E-state index >= 15 is 0 Å². The van der Waals surface area contributed by atoms with Gasteiger partial charge in [-0.2, -0.15) is 0 Å². The summed E-state index contributed by atoms with van der Waals surface area (Å²) in [6.07, 6.45) is 1.32. The first-order valence-corrected chi connectivity index (χ1v) is 7.02. The van der Waals surface area contributed by atoms with Crippen LogP contribution in [0.5, 0.6) is 0 Å². The van der Waals surface area contributed by atoms with Crippen molar-refractivity contribution in [1.29, 1.82) is 0 Å². The molecule has 0 aromatic heterocycles. The molecule has 2 N–H and O–H groups in total. The molecule has 0 radical (unpaired) electrons. The third-order valence-electron chi connectivity index (χ3n) is 4.34. The van der Waals surface area contributed by atoms with Crippen LogP contribution in [0.4, 0.5) is 4.79 Å². The number of hydrogen-bond donors (Lipinski definition) is 2. The average molecular weight is 283 g/mol. The number of rotatable bonds is 2. The third-order valence-corrected chi connectivity index (χ3v) is 4.34. The molecule has 0 aliphatic carbocycles. The molecular formula is C13H21N3O4. The van der Waals surface area contributed by atoms with Crippen molar-refractivity contribution in [2.24, 2.45) is 5.41 Å². The second-order valence-corrected chi connectivity index (χ2v) is 5.48. The third kappa shape index (κ3) is 2.71. The van der Waals surface area contributed by atoms with E-state index in [1.165, 1.54) is 0 Å². The Morgan fingerprint density at radius 2 is 2.05 bits per heavy atom. The van der Waals surface area contributed by atoms with Gasteiger partial charge in [-0.1, -0.05) is 6.92 Å². The molecule has 0 spiro atoms. The smallest absolute Gasteiger partial charge is 0.320 e. The summed E-state index contributed by atoms with van der Waals surface area (Å²) in [6, 6.07) is -0.155. The van der Waals surface area contributed by atoms with Crippen molar-refractivity contribution in [1.82, 2.24) is 15.1 Å². The van der Waals surface area contributed by atoms with E-state index in [1.807, 2.05) is 6.92 Å². The minimum Gasteiger partial charge on any atom is -0.481 e. The highest BCUT2D eigenvalue weighted by Crippen LogP contribution is 2.34. The molecule has 2 saturated heterocycles. The summed E-state index contributed by atoms with van der Waals surface area (Å²) in [7, 11) is 0. The molecule has 2 aliphatic rings. The predicted molar refractivity (Wildman–Crippen MR) is 71.1 cm³/mol. The second-order valence-electron chi connectivity index (χ2n) is 5.48. The fourth-order valence-electron chi connectivity index (χ4n) is 2.81. The predicted octanol–water partition coefficient (Wildman–Crippen LogP) is 0.115. The molecule has 2 aliphatic heterocycles. The van der Waals surface area contributed by atoms with Crippen LogP contribution in [0, 0.1) is 5.41 Å². The number of urea groups is 1. The van der Waals surface area contributed by atoms with Gasteiger partial charge in [0.2, 0.25) is 5.91 Å². The van der Waals surface area contributed by atoms with Gasteiger partial charge in [0.1, 0.15) is 0 Å². The zero-order valence-corrected chi connectivity index (χ0v) is 11.7. The molecule has 7 heteroatoms. The molecule has 7 nitrogen and oxygen atoms in total. The van der Waals surface area contributed by atoms with E-state index in [1.54, 1.807) is 9.80 Å². The largest absolute Gasteiger partial charge is 0.481 e. The minimum atomic E-state index is -0.831. The van der Waals surface area contributed by atoms with Gasteiger partial charge in [-0.25, -0.2) is 4.79 Å². The Bertz CT molecular complexity index is 426. The van der Waals surface area contributed by atoms with Gasteiger partial charge in [-0.05, 0) is 12.8 Å². The van der Waals surface area contributed by atoms with Crippen molar-refractivity contribution < 1.29 is 19.5 Å². The normalized spacial score (nSPS) is 27.1. The molecule has 20 heavy (non-hydrogen) atoms. The lowest BCUT2D eigenvalue weighted by atomic mass is 9.84. The van der Waals surface area contributed by atoms with Gasteiger partial charge in [-0.15, -0.1) is 0 Å². The molecule has 2 fully saturated rings. The standard InChI is InChI=1S/C13H21N3O4/c1-2-13(11(18)19)4-7-16(9-13)12(20)15-6-3-10(17)14-5-8-15/h2-9H2,1H3,(H,14,17)(H,18,19). The topological polar surface area (TPSA) is 89.9 Å². The summed E-state index contributed by atoms with van der Waals surface area (Å²) in [6.45, 7) is 3.90. The Morgan fingerprint density at radius 1 is 1.30 bits per heavy atom. The van der Waals surface area contributed by atoms with Crippen LogP contribution in [0.25, 0.3) is 0 Å². The monoisotopic (exact) mass is 283 g/mol. The van der Waals surface area contributed by atoms with Crippen LogP contribution < -0.4 is 5.32 Å². The zero-order valence-electron chi connectivity index (χ0n) is 11.7. The van der Waals surface area contributed by atoms with E-state index in [2.05, 4.69) is 5.32 Å². The van der Waals surface area contributed by atoms with Gasteiger partial charge < -0.3 is 20.2 Å². The van der Waals surface area contributed by atoms with Gasteiger partial charge in [0, 0.05) is 39.1 Å². The van der Waals surface area contributed by atoms with Crippen molar-refractivity contribution >= 4 is 17.9 Å². The lowest BCUT2D eigenvalue weighted by Gasteiger charge is -2.28. The zero-order chi connectivity index (χ0) is 14.8. The van der Waals surface area contributed by atoms with Gasteiger partial charge in [0.05, 0.1) is 5.41 Å². The Balaban J connectivity index is 2.00. The number of hydrogen-bond acceptors (Lipinski definition) is 3. The highest BCUT2D eigenvalue weighted by atomic mass is 16.4. The van der Waals surface area contributed by atoms with Crippen molar-refractivity contribution in [2.75, 3.05) is 32.7 Å². The van der Waals surface area contributed by atoms with E-state index in [4.69, 9.17) is 0 Å². The summed E-state index contributed by atoms with van der Waals surface area (Å²) in [5.41, 5.74) is -0.810. The number of nitrogens with one attached hydrogen (secondary N) is 1. The van der Waals surface area contributed by atoms with E-state index in [0.29, 0.717) is 45.4 Å². The number of aliphatic carboxylic acids is 1. The molecule has 3 amide bonds. The molecule has 2 heterocycles. The molecule has 2 rings (SSSR count). The van der Waals surface area contributed by atoms with Crippen LogP contribution in [0.2, 0.25) is 0 Å². The molecule has 0 saturated carbocycles. The van der Waals surface area contributed by atoms with E-state index in [9.17, 15) is 19.5 Å². The highest BCUT2D eigenvalue weighted by Gasteiger charge is 2.45. The van der Waals surface area contributed by atoms with Gasteiger partial charge in [0.15, 0.2) is 0 Å². The molecule has 1 atom stereocenters. The summed E-state index contributed by atoms with van der Waals surface area (Å²) in [5.74, 6) is -0.877. The Kier molecular flexibility index (Phi) is 4.15. The van der Waals surface area contributed by atoms with Gasteiger partial charge >= 0.3 is 12.0 Å². The lowest BCUT2D eigenvalue weighted by Crippen LogP contribution is -2.45. The maximum atomic E-state index is 12.4. The number of carbonyl (C=O) groups excluding carboxylic acids is 2. The van der Waals surface area contributed by atoms with Crippen LogP contribution in [0.15, 0.2) is 0 Å². The minimum absolute atomic E-state index is 0.0461. The van der Waals surface area contributed by atoms with E-state index in [-0.39, 0.29) is 18.5 Å². The quantitative estimate of drug-likeness (QED) is 0.753. The molecule has 0 aromatic carbocycles. The number of carbonyl (C=O) groups is 3. The van der Waals surface area contributed by atoms with Gasteiger partial charge in [-0.3, -0.25) is 9.59 Å². The fraction of sp³-hybridized carbons (Fsp3) is 0.769. The van der Waals surface area contributed by atoms with Crippen LogP contribution >= 0.6 is 0 Å². The fourth-order valence-corrected chi connectivity index (χ4v) is 2.81. The second kappa shape index (κ2) is 5.68. The first-order chi connectivity index (χ1) is 9.48. The number of carboxylic acid groups (broad SMARTS) is 1. The number of likely N-dealkylation sites (tertiary alicyclic amines) is 1. The highest BCUT2D eigenvalue weighted by molar-refractivity contribution is 5.81. The molecule has 1 unspecified atom stereocenters. The van der Waals surface area contributed by atoms with Crippen LogP contribution in [0.3, 0.4) is 0 Å². The van der Waals surface area contributed by atoms with Crippen LogP contribution in [-0.4, -0.2) is 65.5 Å². The van der Waals surface area contributed by atoms with Crippen LogP contribution in [-0.2, 0) is 9.59 Å². The summed E-state index contributed by atoms with van der Waals surface area (Å²) < 4.78 is 0. The number of amides is 3. The Labute approximate surface area is 117 Å². The van der Waals surface area contributed by atoms with Crippen molar-refractivity contribution in [3.63, 3.8) is 0 Å². The van der Waals surface area contributed by atoms with Crippen molar-refractivity contribution in [3.05, 3.63) is 0 Å². The maximum absolute atomic E-state index is 12.4. The molecule has 0 bridgehead atoms. The SMILES string of the molecule is CCC1(C(=O)O)CCN(C(=O)N2CCNC(=O)CC2)C1. The average Bonchev–Trinajstić information content (AvgIpc) is 2.76. The lowest BCUT2D eigenvalue weighted by molar-refractivity contribution is -0.148. The summed E-state index contributed by atoms with van der Waals surface area (Å²) >= 11 is 0. The molecule has 0 aromatic rings. The van der Waals surface area contributed by atoms with E-state index < -0.39 is 11.4 Å². The summed E-state index contributed by atoms with van der Waals surface area (Å²) in [4.78, 5) is 38.3. The first kappa shape index (κ1) is 14.6. The summed E-state index contributed by atoms with van der Waals surface area (Å²) in [5, 5.41) is 12.1. The first-order valence-electron chi connectivity index (χ1n) is 7.02. The van der Waals surface area contributed by atoms with Crippen molar-refractivity contribution in [3.8, 4) is 0 Å². The number of nitrogens with zero attached hydrogens (tertiary/aromatic N) is 2. The Hall–Kier alpha value is -1.79. The Morgan fingerprint density at radius 3 is 2.65 bits per heavy atom. The van der Waals surface area contributed by atoms with Gasteiger partial charge in [0.25, 0.3) is 0 Å². The molecule has 112 valence electrons.